The largest absolute Gasteiger partial charge is 0.486 e. The third-order valence-corrected chi connectivity index (χ3v) is 4.80. The number of amides is 1. The van der Waals surface area contributed by atoms with Gasteiger partial charge in [0.05, 0.1) is 17.8 Å². The maximum atomic E-state index is 11.9. The van der Waals surface area contributed by atoms with Gasteiger partial charge in [-0.25, -0.2) is 5.43 Å². The molecule has 0 aliphatic heterocycles. The van der Waals surface area contributed by atoms with E-state index in [-0.39, 0.29) is 13.2 Å². The maximum Gasteiger partial charge on any atom is 0.277 e. The van der Waals surface area contributed by atoms with Crippen molar-refractivity contribution >= 4 is 23.7 Å². The summed E-state index contributed by atoms with van der Waals surface area (Å²) in [6, 6.07) is 15.8. The number of hydrazone groups is 1. The number of carbonyl (C=O) groups is 1. The van der Waals surface area contributed by atoms with Crippen LogP contribution >= 0.6 is 11.6 Å². The van der Waals surface area contributed by atoms with E-state index in [1.165, 1.54) is 6.21 Å². The minimum atomic E-state index is -0.405. The Morgan fingerprint density at radius 3 is 2.52 bits per heavy atom. The molecule has 1 aromatic heterocycles. The Hall–Kier alpha value is -3.76. The number of halogens is 1. The second-order valence-electron chi connectivity index (χ2n) is 6.68. The average Bonchev–Trinajstić information content (AvgIpc) is 3.22. The molecule has 3 aromatic rings. The first kappa shape index (κ1) is 21.9. The molecule has 0 bridgehead atoms. The first-order valence-electron chi connectivity index (χ1n) is 9.37. The first-order chi connectivity index (χ1) is 14.9. The first-order valence-corrected chi connectivity index (χ1v) is 9.75. The van der Waals surface area contributed by atoms with Crippen LogP contribution in [-0.4, -0.2) is 18.7 Å². The number of nitriles is 1. The summed E-state index contributed by atoms with van der Waals surface area (Å²) < 4.78 is 16.7. The Morgan fingerprint density at radius 2 is 1.84 bits per heavy atom. The topological polar surface area (TPSA) is 96.9 Å². The summed E-state index contributed by atoms with van der Waals surface area (Å²) in [7, 11) is 0. The lowest BCUT2D eigenvalue weighted by atomic mass is 10.1. The highest BCUT2D eigenvalue weighted by molar-refractivity contribution is 6.32. The number of furan rings is 1. The lowest BCUT2D eigenvalue weighted by Crippen LogP contribution is -2.24. The van der Waals surface area contributed by atoms with E-state index in [9.17, 15) is 4.79 Å². The smallest absolute Gasteiger partial charge is 0.277 e. The average molecular weight is 438 g/mol. The van der Waals surface area contributed by atoms with E-state index in [1.54, 1.807) is 48.5 Å². The number of nitrogens with one attached hydrogen (secondary N) is 1. The molecule has 0 aliphatic carbocycles. The van der Waals surface area contributed by atoms with E-state index in [4.69, 9.17) is 30.8 Å². The van der Waals surface area contributed by atoms with Gasteiger partial charge in [0.2, 0.25) is 0 Å². The number of rotatable bonds is 8. The second-order valence-corrected chi connectivity index (χ2v) is 7.06. The quantitative estimate of drug-likeness (QED) is 0.412. The molecule has 2 aromatic carbocycles. The fraction of sp³-hybridized carbons (Fsp3) is 0.174. The molecule has 158 valence electrons. The molecule has 1 amide bonds. The highest BCUT2D eigenvalue weighted by Crippen LogP contribution is 2.25. The van der Waals surface area contributed by atoms with Crippen molar-refractivity contribution in [3.63, 3.8) is 0 Å². The van der Waals surface area contributed by atoms with Gasteiger partial charge in [-0.2, -0.15) is 10.4 Å². The van der Waals surface area contributed by atoms with Crippen LogP contribution in [-0.2, 0) is 11.4 Å². The molecule has 0 atom stereocenters. The molecule has 0 fully saturated rings. The Bertz CT molecular complexity index is 1110. The molecular weight excluding hydrogens is 418 g/mol. The van der Waals surface area contributed by atoms with Crippen LogP contribution in [0.1, 0.15) is 28.2 Å². The van der Waals surface area contributed by atoms with Gasteiger partial charge in [-0.3, -0.25) is 4.79 Å². The minimum absolute atomic E-state index is 0.181. The van der Waals surface area contributed by atoms with E-state index in [0.717, 1.165) is 11.1 Å². The molecule has 0 radical (unpaired) electrons. The molecule has 31 heavy (non-hydrogen) atoms. The number of carbonyl (C=O) groups excluding carboxylic acids is 1. The predicted octanol–water partition coefficient (Wildman–Crippen LogP) is 4.53. The second kappa shape index (κ2) is 10.3. The van der Waals surface area contributed by atoms with Crippen LogP contribution in [0, 0.1) is 25.2 Å². The Balaban J connectivity index is 1.44. The van der Waals surface area contributed by atoms with E-state index in [1.807, 2.05) is 13.8 Å². The summed E-state index contributed by atoms with van der Waals surface area (Å²) in [6.07, 6.45) is 1.39. The van der Waals surface area contributed by atoms with Crippen LogP contribution in [0.3, 0.4) is 0 Å². The lowest BCUT2D eigenvalue weighted by Gasteiger charge is -2.09. The number of ether oxygens (including phenoxy) is 2. The van der Waals surface area contributed by atoms with Crippen LogP contribution in [0.25, 0.3) is 0 Å². The van der Waals surface area contributed by atoms with Crippen LogP contribution in [0.15, 0.2) is 58.0 Å². The normalized spacial score (nSPS) is 10.6. The molecule has 0 aliphatic rings. The third-order valence-electron chi connectivity index (χ3n) is 4.21. The van der Waals surface area contributed by atoms with Crippen molar-refractivity contribution in [2.45, 2.75) is 20.5 Å². The zero-order valence-electron chi connectivity index (χ0n) is 17.0. The molecule has 3 rings (SSSR count). The lowest BCUT2D eigenvalue weighted by molar-refractivity contribution is -0.123. The molecule has 7 nitrogen and oxygen atoms in total. The van der Waals surface area contributed by atoms with Crippen LogP contribution in [0.5, 0.6) is 11.5 Å². The highest BCUT2D eigenvalue weighted by Gasteiger charge is 2.07. The van der Waals surface area contributed by atoms with E-state index < -0.39 is 5.91 Å². The molecule has 0 unspecified atom stereocenters. The fourth-order valence-electron chi connectivity index (χ4n) is 2.66. The number of benzene rings is 2. The van der Waals surface area contributed by atoms with Gasteiger partial charge in [-0.05, 0) is 73.5 Å². The maximum absolute atomic E-state index is 11.9. The van der Waals surface area contributed by atoms with Crippen molar-refractivity contribution < 1.29 is 18.7 Å². The molecule has 0 saturated carbocycles. The van der Waals surface area contributed by atoms with Gasteiger partial charge in [0.1, 0.15) is 29.6 Å². The van der Waals surface area contributed by atoms with Crippen LogP contribution in [0.4, 0.5) is 0 Å². The van der Waals surface area contributed by atoms with E-state index >= 15 is 0 Å². The van der Waals surface area contributed by atoms with Crippen molar-refractivity contribution in [2.75, 3.05) is 6.61 Å². The van der Waals surface area contributed by atoms with Gasteiger partial charge in [-0.1, -0.05) is 11.6 Å². The van der Waals surface area contributed by atoms with Crippen molar-refractivity contribution in [2.24, 2.45) is 5.10 Å². The van der Waals surface area contributed by atoms with Gasteiger partial charge in [-0.15, -0.1) is 0 Å². The summed E-state index contributed by atoms with van der Waals surface area (Å²) in [4.78, 5) is 11.9. The fourth-order valence-corrected chi connectivity index (χ4v) is 2.77. The summed E-state index contributed by atoms with van der Waals surface area (Å²) in [5.74, 6) is 1.84. The summed E-state index contributed by atoms with van der Waals surface area (Å²) in [5.41, 5.74) is 4.71. The highest BCUT2D eigenvalue weighted by atomic mass is 35.5. The van der Waals surface area contributed by atoms with Crippen molar-refractivity contribution in [3.8, 4) is 17.6 Å². The number of hydrogen-bond donors (Lipinski definition) is 1. The van der Waals surface area contributed by atoms with Gasteiger partial charge in [0.25, 0.3) is 5.91 Å². The molecular formula is C23H20ClN3O4. The van der Waals surface area contributed by atoms with Gasteiger partial charge < -0.3 is 13.9 Å². The van der Waals surface area contributed by atoms with Crippen LogP contribution in [0.2, 0.25) is 5.02 Å². The zero-order chi connectivity index (χ0) is 22.2. The van der Waals surface area contributed by atoms with Crippen molar-refractivity contribution in [1.82, 2.24) is 5.43 Å². The predicted molar refractivity (Wildman–Crippen MR) is 116 cm³/mol. The zero-order valence-corrected chi connectivity index (χ0v) is 17.8. The summed E-state index contributed by atoms with van der Waals surface area (Å²) >= 11 is 6.12. The molecule has 1 N–H and O–H groups in total. The Kier molecular flexibility index (Phi) is 7.31. The van der Waals surface area contributed by atoms with Crippen molar-refractivity contribution in [1.29, 1.82) is 5.26 Å². The number of nitrogens with zero attached hydrogens (tertiary/aromatic N) is 2. The van der Waals surface area contributed by atoms with Gasteiger partial charge in [0, 0.05) is 5.02 Å². The molecule has 0 saturated heterocycles. The summed E-state index contributed by atoms with van der Waals surface area (Å²) in [5, 5.41) is 13.3. The van der Waals surface area contributed by atoms with E-state index in [2.05, 4.69) is 16.6 Å². The SMILES string of the molecule is Cc1cc(OCC(=O)NN=Cc2ccc(COc3ccc(C#N)cc3)o2)cc(C)c1Cl. The van der Waals surface area contributed by atoms with Gasteiger partial charge in [0.15, 0.2) is 6.61 Å². The Labute approximate surface area is 184 Å². The van der Waals surface area contributed by atoms with Crippen LogP contribution < -0.4 is 14.9 Å². The molecule has 1 heterocycles. The standard InChI is InChI=1S/C23H20ClN3O4/c1-15-9-21(10-16(2)23(15)24)30-14-22(28)27-26-12-19-7-8-20(31-19)13-29-18-5-3-17(11-25)4-6-18/h3-10,12H,13-14H2,1-2H3,(H,27,28). The molecule has 8 heteroatoms. The number of hydrogen-bond acceptors (Lipinski definition) is 6. The summed E-state index contributed by atoms with van der Waals surface area (Å²) in [6.45, 7) is 3.79. The monoisotopic (exact) mass is 437 g/mol. The minimum Gasteiger partial charge on any atom is -0.486 e. The Morgan fingerprint density at radius 1 is 1.13 bits per heavy atom. The van der Waals surface area contributed by atoms with E-state index in [0.29, 0.717) is 33.6 Å². The third kappa shape index (κ3) is 6.36. The van der Waals surface area contributed by atoms with Gasteiger partial charge >= 0.3 is 0 Å². The number of aryl methyl sites for hydroxylation is 2. The molecule has 0 spiro atoms. The van der Waals surface area contributed by atoms with Crippen molar-refractivity contribution in [3.05, 3.63) is 81.8 Å².